The number of hydrogen-bond acceptors (Lipinski definition) is 3. The van der Waals surface area contributed by atoms with Crippen molar-refractivity contribution in [2.45, 2.75) is 44.8 Å². The van der Waals surface area contributed by atoms with Gasteiger partial charge >= 0.3 is 0 Å². The summed E-state index contributed by atoms with van der Waals surface area (Å²) in [6.07, 6.45) is -0.260. The second kappa shape index (κ2) is 6.39. The molecule has 3 heteroatoms. The average molecular weight is 233 g/mol. The highest BCUT2D eigenvalue weighted by molar-refractivity contribution is 5.32. The minimum atomic E-state index is -0.689. The summed E-state index contributed by atoms with van der Waals surface area (Å²) in [6.45, 7) is 3.85. The molecule has 2 N–H and O–H groups in total. The third-order valence-corrected chi connectivity index (χ3v) is 3.07. The molecule has 1 aromatic rings. The minimum Gasteiger partial charge on any atom is -0.390 e. The van der Waals surface area contributed by atoms with E-state index in [0.29, 0.717) is 18.4 Å². The number of benzene rings is 1. The van der Waals surface area contributed by atoms with Gasteiger partial charge in [-0.15, -0.1) is 0 Å². The van der Waals surface area contributed by atoms with Crippen LogP contribution in [0.25, 0.3) is 0 Å². The van der Waals surface area contributed by atoms with Gasteiger partial charge in [-0.2, -0.15) is 5.26 Å². The third kappa shape index (κ3) is 3.85. The molecule has 3 unspecified atom stereocenters. The minimum absolute atomic E-state index is 0.166. The van der Waals surface area contributed by atoms with Crippen LogP contribution in [0, 0.1) is 11.3 Å². The summed E-state index contributed by atoms with van der Waals surface area (Å²) in [6, 6.07) is 9.41. The Labute approximate surface area is 102 Å². The summed E-state index contributed by atoms with van der Waals surface area (Å²) >= 11 is 0. The fraction of sp³-hybridized carbons (Fsp3) is 0.500. The largest absolute Gasteiger partial charge is 0.390 e. The number of aliphatic hydroxyl groups is 2. The maximum Gasteiger partial charge on any atom is 0.0991 e. The fourth-order valence-electron chi connectivity index (χ4n) is 1.81. The third-order valence-electron chi connectivity index (χ3n) is 3.07. The summed E-state index contributed by atoms with van der Waals surface area (Å²) in [5.74, 6) is 0.166. The Morgan fingerprint density at radius 2 is 1.76 bits per heavy atom. The molecule has 0 amide bonds. The predicted octanol–water partition coefficient (Wildman–Crippen LogP) is 2.18. The Hall–Kier alpha value is -1.37. The zero-order valence-corrected chi connectivity index (χ0v) is 10.3. The molecule has 3 atom stereocenters. The Balaban J connectivity index is 2.63. The molecule has 0 radical (unpaired) electrons. The van der Waals surface area contributed by atoms with E-state index in [9.17, 15) is 10.2 Å². The van der Waals surface area contributed by atoms with E-state index in [1.807, 2.05) is 26.0 Å². The summed E-state index contributed by atoms with van der Waals surface area (Å²) < 4.78 is 0. The summed E-state index contributed by atoms with van der Waals surface area (Å²) in [4.78, 5) is 0. The monoisotopic (exact) mass is 233 g/mol. The van der Waals surface area contributed by atoms with Gasteiger partial charge in [0.05, 0.1) is 23.8 Å². The van der Waals surface area contributed by atoms with E-state index in [0.717, 1.165) is 5.56 Å². The first-order valence-corrected chi connectivity index (χ1v) is 5.94. The van der Waals surface area contributed by atoms with Crippen molar-refractivity contribution in [3.8, 4) is 6.07 Å². The Morgan fingerprint density at radius 1 is 1.18 bits per heavy atom. The van der Waals surface area contributed by atoms with Gasteiger partial charge in [-0.05, 0) is 36.5 Å². The molecule has 17 heavy (non-hydrogen) atoms. The number of nitriles is 1. The van der Waals surface area contributed by atoms with E-state index in [1.54, 1.807) is 12.1 Å². The maximum absolute atomic E-state index is 9.75. The molecule has 3 nitrogen and oxygen atoms in total. The van der Waals surface area contributed by atoms with Gasteiger partial charge in [-0.25, -0.2) is 0 Å². The van der Waals surface area contributed by atoms with Crippen LogP contribution < -0.4 is 0 Å². The van der Waals surface area contributed by atoms with Gasteiger partial charge in [-0.3, -0.25) is 0 Å². The van der Waals surface area contributed by atoms with Crippen LogP contribution in [-0.2, 0) is 0 Å². The molecule has 0 aliphatic heterocycles. The zero-order valence-electron chi connectivity index (χ0n) is 10.3. The average Bonchev–Trinajstić information content (AvgIpc) is 2.37. The quantitative estimate of drug-likeness (QED) is 0.819. The lowest BCUT2D eigenvalue weighted by molar-refractivity contribution is 0.00953. The molecule has 0 aliphatic carbocycles. The van der Waals surface area contributed by atoms with Crippen molar-refractivity contribution in [1.82, 2.24) is 0 Å². The number of hydrogen-bond donors (Lipinski definition) is 2. The van der Waals surface area contributed by atoms with Crippen molar-refractivity contribution in [3.05, 3.63) is 35.4 Å². The normalized spacial score (nSPS) is 15.9. The van der Waals surface area contributed by atoms with Crippen LogP contribution in [0.2, 0.25) is 0 Å². The molecule has 0 heterocycles. The molecule has 1 aromatic carbocycles. The van der Waals surface area contributed by atoms with Gasteiger partial charge in [0.25, 0.3) is 0 Å². The summed E-state index contributed by atoms with van der Waals surface area (Å²) in [7, 11) is 0. The lowest BCUT2D eigenvalue weighted by atomic mass is 9.92. The van der Waals surface area contributed by atoms with E-state index in [4.69, 9.17) is 5.26 Å². The Morgan fingerprint density at radius 3 is 2.24 bits per heavy atom. The van der Waals surface area contributed by atoms with E-state index < -0.39 is 12.2 Å². The molecule has 0 saturated carbocycles. The second-order valence-electron chi connectivity index (χ2n) is 4.41. The van der Waals surface area contributed by atoms with Crippen molar-refractivity contribution in [1.29, 1.82) is 5.26 Å². The zero-order chi connectivity index (χ0) is 12.8. The molecule has 0 spiro atoms. The lowest BCUT2D eigenvalue weighted by Gasteiger charge is -2.20. The van der Waals surface area contributed by atoms with Crippen LogP contribution in [0.5, 0.6) is 0 Å². The predicted molar refractivity (Wildman–Crippen MR) is 66.5 cm³/mol. The van der Waals surface area contributed by atoms with Crippen LogP contribution in [0.1, 0.15) is 43.7 Å². The first kappa shape index (κ1) is 13.7. The van der Waals surface area contributed by atoms with Crippen LogP contribution in [0.4, 0.5) is 0 Å². The topological polar surface area (TPSA) is 64.2 Å². The molecular formula is C14H19NO2. The highest BCUT2D eigenvalue weighted by Crippen LogP contribution is 2.22. The summed E-state index contributed by atoms with van der Waals surface area (Å²) in [5, 5.41) is 28.0. The van der Waals surface area contributed by atoms with Crippen molar-refractivity contribution < 1.29 is 10.2 Å². The van der Waals surface area contributed by atoms with Gasteiger partial charge < -0.3 is 10.2 Å². The fourth-order valence-corrected chi connectivity index (χ4v) is 1.81. The van der Waals surface area contributed by atoms with Crippen LogP contribution in [0.15, 0.2) is 24.3 Å². The lowest BCUT2D eigenvalue weighted by Crippen LogP contribution is -2.26. The van der Waals surface area contributed by atoms with Gasteiger partial charge in [0, 0.05) is 0 Å². The Kier molecular flexibility index (Phi) is 5.14. The molecule has 0 aromatic heterocycles. The highest BCUT2D eigenvalue weighted by atomic mass is 16.3. The molecular weight excluding hydrogens is 214 g/mol. The number of nitrogens with zero attached hydrogens (tertiary/aromatic N) is 1. The highest BCUT2D eigenvalue weighted by Gasteiger charge is 2.18. The first-order valence-electron chi connectivity index (χ1n) is 5.94. The van der Waals surface area contributed by atoms with Crippen molar-refractivity contribution in [2.24, 2.45) is 0 Å². The number of aliphatic hydroxyl groups excluding tert-OH is 2. The van der Waals surface area contributed by atoms with Gasteiger partial charge in [-0.1, -0.05) is 26.0 Å². The van der Waals surface area contributed by atoms with Crippen molar-refractivity contribution in [2.75, 3.05) is 0 Å². The first-order chi connectivity index (χ1) is 8.08. The molecule has 0 aliphatic rings. The van der Waals surface area contributed by atoms with Gasteiger partial charge in [0.1, 0.15) is 0 Å². The molecule has 0 fully saturated rings. The van der Waals surface area contributed by atoms with E-state index >= 15 is 0 Å². The maximum atomic E-state index is 9.75. The SMILES string of the molecule is CCC(O)C(O)CC(C)c1ccc(C#N)cc1. The van der Waals surface area contributed by atoms with Gasteiger partial charge in [0.2, 0.25) is 0 Å². The van der Waals surface area contributed by atoms with Crippen molar-refractivity contribution >= 4 is 0 Å². The second-order valence-corrected chi connectivity index (χ2v) is 4.41. The van der Waals surface area contributed by atoms with E-state index in [-0.39, 0.29) is 5.92 Å². The standard InChI is InChI=1S/C14H19NO2/c1-3-13(16)14(17)8-10(2)12-6-4-11(9-15)5-7-12/h4-7,10,13-14,16-17H,3,8H2,1-2H3. The van der Waals surface area contributed by atoms with E-state index in [2.05, 4.69) is 6.07 Å². The van der Waals surface area contributed by atoms with Crippen LogP contribution >= 0.6 is 0 Å². The van der Waals surface area contributed by atoms with Crippen molar-refractivity contribution in [3.63, 3.8) is 0 Å². The molecule has 0 bridgehead atoms. The van der Waals surface area contributed by atoms with Gasteiger partial charge in [0.15, 0.2) is 0 Å². The Bertz CT molecular complexity index is 380. The van der Waals surface area contributed by atoms with Crippen LogP contribution in [0.3, 0.4) is 0 Å². The summed E-state index contributed by atoms with van der Waals surface area (Å²) in [5.41, 5.74) is 1.71. The molecule has 1 rings (SSSR count). The van der Waals surface area contributed by atoms with Crippen LogP contribution in [-0.4, -0.2) is 22.4 Å². The molecule has 92 valence electrons. The smallest absolute Gasteiger partial charge is 0.0991 e. The number of rotatable bonds is 5. The van der Waals surface area contributed by atoms with E-state index in [1.165, 1.54) is 0 Å². The molecule has 0 saturated heterocycles.